The van der Waals surface area contributed by atoms with Crippen molar-refractivity contribution < 1.29 is 9.90 Å². The molecule has 0 atom stereocenters. The van der Waals surface area contributed by atoms with E-state index in [0.717, 1.165) is 18.6 Å². The normalized spacial score (nSPS) is 10.8. The number of thiol groups is 1. The van der Waals surface area contributed by atoms with Crippen LogP contribution in [0.2, 0.25) is 0 Å². The minimum Gasteiger partial charge on any atom is -0.481 e. The highest BCUT2D eigenvalue weighted by Crippen LogP contribution is 2.12. The second-order valence-corrected chi connectivity index (χ2v) is 5.91. The van der Waals surface area contributed by atoms with E-state index in [2.05, 4.69) is 12.6 Å². The molecule has 0 aromatic carbocycles. The van der Waals surface area contributed by atoms with Crippen LogP contribution in [0.15, 0.2) is 0 Å². The molecule has 0 aromatic rings. The topological polar surface area (TPSA) is 37.3 Å². The van der Waals surface area contributed by atoms with Gasteiger partial charge in [0.25, 0.3) is 0 Å². The number of unbranched alkanes of at least 4 members (excludes halogenated alkanes) is 12. The van der Waals surface area contributed by atoms with Crippen molar-refractivity contribution in [2.24, 2.45) is 0 Å². The SMILES string of the molecule is O=C(O)CCCCCCCCCCCCCCCS. The summed E-state index contributed by atoms with van der Waals surface area (Å²) in [5.74, 6) is 0.376. The van der Waals surface area contributed by atoms with Crippen LogP contribution in [0.4, 0.5) is 0 Å². The van der Waals surface area contributed by atoms with Crippen LogP contribution < -0.4 is 0 Å². The maximum Gasteiger partial charge on any atom is 0.303 e. The molecule has 0 bridgehead atoms. The van der Waals surface area contributed by atoms with Gasteiger partial charge in [-0.05, 0) is 18.6 Å². The van der Waals surface area contributed by atoms with E-state index in [0.29, 0.717) is 6.42 Å². The average Bonchev–Trinajstić information content (AvgIpc) is 2.39. The molecule has 1 N–H and O–H groups in total. The summed E-state index contributed by atoms with van der Waals surface area (Å²) in [7, 11) is 0. The first-order valence-corrected chi connectivity index (χ1v) is 8.73. The summed E-state index contributed by atoms with van der Waals surface area (Å²) in [6.45, 7) is 0. The highest BCUT2D eigenvalue weighted by atomic mass is 32.1. The first-order chi connectivity index (χ1) is 9.27. The van der Waals surface area contributed by atoms with Crippen LogP contribution in [0, 0.1) is 0 Å². The van der Waals surface area contributed by atoms with Crippen LogP contribution >= 0.6 is 12.6 Å². The van der Waals surface area contributed by atoms with E-state index in [-0.39, 0.29) is 0 Å². The van der Waals surface area contributed by atoms with Crippen molar-refractivity contribution in [3.05, 3.63) is 0 Å². The molecule has 0 aliphatic rings. The number of carboxylic acids is 1. The number of carboxylic acid groups (broad SMARTS) is 1. The Labute approximate surface area is 124 Å². The van der Waals surface area contributed by atoms with E-state index in [1.807, 2.05) is 0 Å². The van der Waals surface area contributed by atoms with E-state index < -0.39 is 5.97 Å². The smallest absolute Gasteiger partial charge is 0.303 e. The highest BCUT2D eigenvalue weighted by molar-refractivity contribution is 7.80. The molecule has 0 radical (unpaired) electrons. The zero-order valence-electron chi connectivity index (χ0n) is 12.4. The van der Waals surface area contributed by atoms with Gasteiger partial charge in [0, 0.05) is 6.42 Å². The van der Waals surface area contributed by atoms with Gasteiger partial charge >= 0.3 is 5.97 Å². The molecule has 114 valence electrons. The quantitative estimate of drug-likeness (QED) is 0.310. The summed E-state index contributed by atoms with van der Waals surface area (Å²) in [6, 6.07) is 0. The minimum absolute atomic E-state index is 0.340. The first-order valence-electron chi connectivity index (χ1n) is 8.10. The van der Waals surface area contributed by atoms with Crippen LogP contribution in [0.25, 0.3) is 0 Å². The van der Waals surface area contributed by atoms with Crippen LogP contribution in [-0.4, -0.2) is 16.8 Å². The fraction of sp³-hybridized carbons (Fsp3) is 0.938. The van der Waals surface area contributed by atoms with Crippen molar-refractivity contribution in [3.8, 4) is 0 Å². The Hall–Kier alpha value is -0.180. The summed E-state index contributed by atoms with van der Waals surface area (Å²) in [5.41, 5.74) is 0. The van der Waals surface area contributed by atoms with Crippen LogP contribution in [0.3, 0.4) is 0 Å². The summed E-state index contributed by atoms with van der Waals surface area (Å²) in [5, 5.41) is 8.50. The Morgan fingerprint density at radius 2 is 0.947 bits per heavy atom. The maximum atomic E-state index is 10.3. The molecule has 0 rings (SSSR count). The van der Waals surface area contributed by atoms with Crippen LogP contribution in [0.1, 0.15) is 89.9 Å². The summed E-state index contributed by atoms with van der Waals surface area (Å²) in [4.78, 5) is 10.3. The molecule has 0 spiro atoms. The fourth-order valence-electron chi connectivity index (χ4n) is 2.33. The van der Waals surface area contributed by atoms with Crippen molar-refractivity contribution in [1.82, 2.24) is 0 Å². The standard InChI is InChI=1S/C16H32O2S/c17-16(18)14-12-10-8-6-4-2-1-3-5-7-9-11-13-15-19/h19H,1-15H2,(H,17,18). The molecular weight excluding hydrogens is 256 g/mol. The summed E-state index contributed by atoms with van der Waals surface area (Å²) in [6.07, 6.45) is 17.0. The second kappa shape index (κ2) is 15.9. The van der Waals surface area contributed by atoms with Gasteiger partial charge in [0.05, 0.1) is 0 Å². The van der Waals surface area contributed by atoms with Gasteiger partial charge in [0.1, 0.15) is 0 Å². The third-order valence-electron chi connectivity index (χ3n) is 3.55. The Bertz CT molecular complexity index is 195. The second-order valence-electron chi connectivity index (χ2n) is 5.46. The molecule has 19 heavy (non-hydrogen) atoms. The Morgan fingerprint density at radius 3 is 1.26 bits per heavy atom. The lowest BCUT2D eigenvalue weighted by Gasteiger charge is -2.02. The zero-order chi connectivity index (χ0) is 14.2. The first kappa shape index (κ1) is 18.8. The average molecular weight is 288 g/mol. The van der Waals surface area contributed by atoms with E-state index in [9.17, 15) is 4.79 Å². The molecule has 3 heteroatoms. The number of carbonyl (C=O) groups is 1. The molecule has 0 fully saturated rings. The van der Waals surface area contributed by atoms with Crippen molar-refractivity contribution in [3.63, 3.8) is 0 Å². The number of rotatable bonds is 15. The lowest BCUT2D eigenvalue weighted by Crippen LogP contribution is -1.93. The van der Waals surface area contributed by atoms with Crippen molar-refractivity contribution in [1.29, 1.82) is 0 Å². The van der Waals surface area contributed by atoms with Crippen LogP contribution in [-0.2, 0) is 4.79 Å². The third-order valence-corrected chi connectivity index (χ3v) is 3.86. The highest BCUT2D eigenvalue weighted by Gasteiger charge is 1.96. The molecule has 0 aromatic heterocycles. The van der Waals surface area contributed by atoms with Crippen molar-refractivity contribution >= 4 is 18.6 Å². The number of aliphatic carboxylic acids is 1. The Kier molecular flexibility index (Phi) is 15.7. The molecule has 2 nitrogen and oxygen atoms in total. The van der Waals surface area contributed by atoms with Crippen LogP contribution in [0.5, 0.6) is 0 Å². The van der Waals surface area contributed by atoms with Gasteiger partial charge in [0.2, 0.25) is 0 Å². The largest absolute Gasteiger partial charge is 0.481 e. The van der Waals surface area contributed by atoms with E-state index >= 15 is 0 Å². The minimum atomic E-state index is -0.658. The molecular formula is C16H32O2S. The van der Waals surface area contributed by atoms with Gasteiger partial charge in [-0.1, -0.05) is 70.6 Å². The molecule has 0 unspecified atom stereocenters. The predicted molar refractivity (Wildman–Crippen MR) is 86.1 cm³/mol. The van der Waals surface area contributed by atoms with Crippen molar-refractivity contribution in [2.45, 2.75) is 89.9 Å². The third kappa shape index (κ3) is 17.8. The van der Waals surface area contributed by atoms with Gasteiger partial charge in [0.15, 0.2) is 0 Å². The van der Waals surface area contributed by atoms with Gasteiger partial charge in [-0.15, -0.1) is 0 Å². The lowest BCUT2D eigenvalue weighted by molar-refractivity contribution is -0.137. The maximum absolute atomic E-state index is 10.3. The van der Waals surface area contributed by atoms with E-state index in [1.54, 1.807) is 0 Å². The monoisotopic (exact) mass is 288 g/mol. The van der Waals surface area contributed by atoms with Gasteiger partial charge in [-0.3, -0.25) is 4.79 Å². The zero-order valence-corrected chi connectivity index (χ0v) is 13.3. The van der Waals surface area contributed by atoms with E-state index in [1.165, 1.54) is 70.6 Å². The Balaban J connectivity index is 2.93. The molecule has 0 saturated heterocycles. The predicted octanol–water partition coefficient (Wildman–Crippen LogP) is 5.46. The molecule has 0 heterocycles. The molecule has 0 aliphatic carbocycles. The lowest BCUT2D eigenvalue weighted by atomic mass is 10.0. The Morgan fingerprint density at radius 1 is 0.632 bits per heavy atom. The summed E-state index contributed by atoms with van der Waals surface area (Å²) < 4.78 is 0. The molecule has 0 amide bonds. The number of hydrogen-bond acceptors (Lipinski definition) is 2. The summed E-state index contributed by atoms with van der Waals surface area (Å²) >= 11 is 4.21. The number of hydrogen-bond donors (Lipinski definition) is 2. The fourth-order valence-corrected chi connectivity index (χ4v) is 2.56. The van der Waals surface area contributed by atoms with Gasteiger partial charge in [-0.2, -0.15) is 12.6 Å². The van der Waals surface area contributed by atoms with Crippen molar-refractivity contribution in [2.75, 3.05) is 5.75 Å². The van der Waals surface area contributed by atoms with E-state index in [4.69, 9.17) is 5.11 Å². The molecule has 0 saturated carbocycles. The molecule has 0 aliphatic heterocycles. The van der Waals surface area contributed by atoms with Gasteiger partial charge in [-0.25, -0.2) is 0 Å². The van der Waals surface area contributed by atoms with Gasteiger partial charge < -0.3 is 5.11 Å².